The number of sulfonamides is 1. The molecule has 1 aromatic heterocycles. The highest BCUT2D eigenvalue weighted by atomic mass is 32.2. The Kier molecular flexibility index (Phi) is 6.90. The molecule has 0 N–H and O–H groups in total. The molecular formula is C23H27N3O4S2. The quantitative estimate of drug-likeness (QED) is 0.493. The van der Waals surface area contributed by atoms with Gasteiger partial charge in [-0.25, -0.2) is 21.8 Å². The largest absolute Gasteiger partial charge is 0.353 e. The number of para-hydroxylation sites is 1. The average molecular weight is 474 g/mol. The fourth-order valence-corrected chi connectivity index (χ4v) is 5.41. The van der Waals surface area contributed by atoms with Gasteiger partial charge < -0.3 is 4.90 Å². The van der Waals surface area contributed by atoms with Crippen molar-refractivity contribution in [3.05, 3.63) is 78.5 Å². The van der Waals surface area contributed by atoms with Crippen molar-refractivity contribution in [2.45, 2.75) is 29.7 Å². The van der Waals surface area contributed by atoms with Gasteiger partial charge in [-0.15, -0.1) is 0 Å². The number of hydrogen-bond acceptors (Lipinski definition) is 6. The zero-order valence-electron chi connectivity index (χ0n) is 18.5. The van der Waals surface area contributed by atoms with Gasteiger partial charge in [-0.1, -0.05) is 30.3 Å². The molecule has 0 amide bonds. The van der Waals surface area contributed by atoms with E-state index in [4.69, 9.17) is 0 Å². The summed E-state index contributed by atoms with van der Waals surface area (Å²) in [5.74, 6) is 0.603. The second kappa shape index (κ2) is 9.30. The maximum Gasteiger partial charge on any atom is 0.265 e. The van der Waals surface area contributed by atoms with Crippen LogP contribution >= 0.6 is 0 Å². The lowest BCUT2D eigenvalue weighted by Crippen LogP contribution is -2.31. The molecule has 7 nitrogen and oxygen atoms in total. The third kappa shape index (κ3) is 4.94. The molecule has 0 radical (unpaired) electrons. The van der Waals surface area contributed by atoms with Crippen molar-refractivity contribution in [1.29, 1.82) is 0 Å². The maximum absolute atomic E-state index is 13.1. The summed E-state index contributed by atoms with van der Waals surface area (Å²) in [7, 11) is -5.14. The Hall–Kier alpha value is -2.91. The lowest BCUT2D eigenvalue weighted by atomic mass is 10.1. The number of aromatic nitrogens is 1. The van der Waals surface area contributed by atoms with E-state index in [0.717, 1.165) is 5.56 Å². The first kappa shape index (κ1) is 23.7. The summed E-state index contributed by atoms with van der Waals surface area (Å²) in [5, 5.41) is 0. The first-order valence-electron chi connectivity index (χ1n) is 10.1. The van der Waals surface area contributed by atoms with Crippen LogP contribution in [-0.2, 0) is 19.9 Å². The van der Waals surface area contributed by atoms with Crippen molar-refractivity contribution in [3.8, 4) is 0 Å². The zero-order chi connectivity index (χ0) is 23.5. The van der Waals surface area contributed by atoms with Crippen molar-refractivity contribution in [2.75, 3.05) is 29.1 Å². The number of benzene rings is 2. The fourth-order valence-electron chi connectivity index (χ4n) is 3.36. The summed E-state index contributed by atoms with van der Waals surface area (Å²) in [6, 6.07) is 18.8. The van der Waals surface area contributed by atoms with E-state index in [1.54, 1.807) is 67.6 Å². The minimum absolute atomic E-state index is 0.102. The lowest BCUT2D eigenvalue weighted by Gasteiger charge is -2.27. The van der Waals surface area contributed by atoms with E-state index in [1.165, 1.54) is 16.8 Å². The van der Waals surface area contributed by atoms with Gasteiger partial charge in [0.15, 0.2) is 9.84 Å². The van der Waals surface area contributed by atoms with Crippen molar-refractivity contribution in [1.82, 2.24) is 4.98 Å². The van der Waals surface area contributed by atoms with Crippen LogP contribution in [0, 0.1) is 0 Å². The van der Waals surface area contributed by atoms with Crippen LogP contribution in [0.4, 0.5) is 11.5 Å². The predicted molar refractivity (Wildman–Crippen MR) is 127 cm³/mol. The standard InChI is InChI=1S/C23H27N3O4S2/c1-5-26(20-9-7-6-8-10-20)32(29,30)22-15-16-23(24-17-22)25(3)18(2)19-11-13-21(14-12-19)31(4,27)28/h6-18H,5H2,1-4H3/t18-/m0/s1. The Morgan fingerprint density at radius 1 is 0.875 bits per heavy atom. The lowest BCUT2D eigenvalue weighted by molar-refractivity contribution is 0.591. The molecule has 0 saturated carbocycles. The third-order valence-electron chi connectivity index (χ3n) is 5.37. The van der Waals surface area contributed by atoms with E-state index >= 15 is 0 Å². The highest BCUT2D eigenvalue weighted by molar-refractivity contribution is 7.92. The Morgan fingerprint density at radius 2 is 1.47 bits per heavy atom. The molecule has 170 valence electrons. The van der Waals surface area contributed by atoms with E-state index in [9.17, 15) is 16.8 Å². The number of nitrogens with zero attached hydrogens (tertiary/aromatic N) is 3. The predicted octanol–water partition coefficient (Wildman–Crippen LogP) is 3.90. The van der Waals surface area contributed by atoms with Crippen molar-refractivity contribution in [3.63, 3.8) is 0 Å². The first-order valence-corrected chi connectivity index (χ1v) is 13.5. The molecular weight excluding hydrogens is 446 g/mol. The van der Waals surface area contributed by atoms with Crippen LogP contribution in [0.25, 0.3) is 0 Å². The van der Waals surface area contributed by atoms with Crippen LogP contribution < -0.4 is 9.21 Å². The van der Waals surface area contributed by atoms with Gasteiger partial charge in [0, 0.05) is 26.0 Å². The molecule has 0 fully saturated rings. The van der Waals surface area contributed by atoms with Crippen LogP contribution in [0.5, 0.6) is 0 Å². The Morgan fingerprint density at radius 3 is 1.97 bits per heavy atom. The monoisotopic (exact) mass is 473 g/mol. The molecule has 0 aliphatic rings. The van der Waals surface area contributed by atoms with Gasteiger partial charge in [-0.3, -0.25) is 4.31 Å². The van der Waals surface area contributed by atoms with Crippen LogP contribution in [0.15, 0.2) is 82.7 Å². The van der Waals surface area contributed by atoms with Gasteiger partial charge in [0.25, 0.3) is 10.0 Å². The summed E-state index contributed by atoms with van der Waals surface area (Å²) < 4.78 is 51.0. The van der Waals surface area contributed by atoms with Crippen LogP contribution in [0.2, 0.25) is 0 Å². The van der Waals surface area contributed by atoms with Gasteiger partial charge in [0.1, 0.15) is 10.7 Å². The van der Waals surface area contributed by atoms with E-state index in [2.05, 4.69) is 4.98 Å². The van der Waals surface area contributed by atoms with Gasteiger partial charge in [-0.05, 0) is 55.8 Å². The van der Waals surface area contributed by atoms with Crippen LogP contribution in [-0.4, -0.2) is 41.7 Å². The summed E-state index contributed by atoms with van der Waals surface area (Å²) in [6.07, 6.45) is 2.54. The Labute approximate surface area is 190 Å². The molecule has 3 aromatic rings. The first-order chi connectivity index (χ1) is 15.1. The molecule has 1 atom stereocenters. The summed E-state index contributed by atoms with van der Waals surface area (Å²) >= 11 is 0. The molecule has 32 heavy (non-hydrogen) atoms. The molecule has 0 bridgehead atoms. The van der Waals surface area contributed by atoms with Crippen LogP contribution in [0.3, 0.4) is 0 Å². The SMILES string of the molecule is CCN(c1ccccc1)S(=O)(=O)c1ccc(N(C)[C@@H](C)c2ccc(S(C)(=O)=O)cc2)nc1. The number of sulfone groups is 1. The molecule has 0 spiro atoms. The van der Waals surface area contributed by atoms with E-state index in [0.29, 0.717) is 18.1 Å². The second-order valence-corrected chi connectivity index (χ2v) is 11.4. The molecule has 2 aromatic carbocycles. The minimum Gasteiger partial charge on any atom is -0.353 e. The molecule has 0 unspecified atom stereocenters. The number of hydrogen-bond donors (Lipinski definition) is 0. The Balaban J connectivity index is 1.82. The van der Waals surface area contributed by atoms with Gasteiger partial charge in [-0.2, -0.15) is 0 Å². The van der Waals surface area contributed by atoms with Crippen LogP contribution in [0.1, 0.15) is 25.5 Å². The average Bonchev–Trinajstić information content (AvgIpc) is 2.79. The molecule has 0 aliphatic carbocycles. The van der Waals surface area contributed by atoms with Gasteiger partial charge in [0.2, 0.25) is 0 Å². The van der Waals surface area contributed by atoms with E-state index in [-0.39, 0.29) is 15.8 Å². The third-order valence-corrected chi connectivity index (χ3v) is 8.39. The zero-order valence-corrected chi connectivity index (χ0v) is 20.1. The van der Waals surface area contributed by atoms with Crippen molar-refractivity contribution >= 4 is 31.4 Å². The minimum atomic E-state index is -3.74. The van der Waals surface area contributed by atoms with E-state index < -0.39 is 19.9 Å². The van der Waals surface area contributed by atoms with Crippen molar-refractivity contribution in [2.24, 2.45) is 0 Å². The fraction of sp³-hybridized carbons (Fsp3) is 0.261. The molecule has 9 heteroatoms. The number of anilines is 2. The second-order valence-electron chi connectivity index (χ2n) is 7.49. The molecule has 0 saturated heterocycles. The summed E-state index contributed by atoms with van der Waals surface area (Å²) in [5.41, 5.74) is 1.52. The van der Waals surface area contributed by atoms with Crippen molar-refractivity contribution < 1.29 is 16.8 Å². The summed E-state index contributed by atoms with van der Waals surface area (Å²) in [4.78, 5) is 6.67. The molecule has 1 heterocycles. The summed E-state index contributed by atoms with van der Waals surface area (Å²) in [6.45, 7) is 4.06. The highest BCUT2D eigenvalue weighted by Gasteiger charge is 2.24. The molecule has 3 rings (SSSR count). The smallest absolute Gasteiger partial charge is 0.265 e. The normalized spacial score (nSPS) is 12.9. The topological polar surface area (TPSA) is 87.7 Å². The number of rotatable bonds is 8. The Bertz CT molecular complexity index is 1260. The van der Waals surface area contributed by atoms with Gasteiger partial charge in [0.05, 0.1) is 16.6 Å². The maximum atomic E-state index is 13.1. The van der Waals surface area contributed by atoms with E-state index in [1.807, 2.05) is 24.9 Å². The van der Waals surface area contributed by atoms with Gasteiger partial charge >= 0.3 is 0 Å². The highest BCUT2D eigenvalue weighted by Crippen LogP contribution is 2.27. The number of pyridine rings is 1. The molecule has 0 aliphatic heterocycles.